The summed E-state index contributed by atoms with van der Waals surface area (Å²) in [5, 5.41) is 0.889. The van der Waals surface area contributed by atoms with Crippen LogP contribution >= 0.6 is 12.4 Å². The third-order valence-corrected chi connectivity index (χ3v) is 9.80. The Labute approximate surface area is 260 Å². The summed E-state index contributed by atoms with van der Waals surface area (Å²) in [6, 6.07) is 32.5. The van der Waals surface area contributed by atoms with E-state index in [-0.39, 0.29) is 23.2 Å². The quantitative estimate of drug-likeness (QED) is 0.164. The van der Waals surface area contributed by atoms with Gasteiger partial charge in [-0.25, -0.2) is 12.4 Å². The van der Waals surface area contributed by atoms with Gasteiger partial charge in [0.25, 0.3) is 10.0 Å². The van der Waals surface area contributed by atoms with Gasteiger partial charge in [0.05, 0.1) is 17.5 Å². The Bertz CT molecular complexity index is 1730. The van der Waals surface area contributed by atoms with Gasteiger partial charge >= 0.3 is 0 Å². The number of methoxy groups -OCH3 is 1. The first-order valence-electron chi connectivity index (χ1n) is 14.5. The number of halogens is 1. The molecule has 1 aliphatic heterocycles. The Balaban J connectivity index is 0.00000368. The van der Waals surface area contributed by atoms with Crippen molar-refractivity contribution in [3.05, 3.63) is 126 Å². The van der Waals surface area contributed by atoms with E-state index in [1.165, 1.54) is 23.2 Å². The molecule has 5 aromatic rings. The van der Waals surface area contributed by atoms with Gasteiger partial charge in [0.15, 0.2) is 0 Å². The van der Waals surface area contributed by atoms with Crippen molar-refractivity contribution in [3.63, 3.8) is 0 Å². The van der Waals surface area contributed by atoms with E-state index >= 15 is 0 Å². The summed E-state index contributed by atoms with van der Waals surface area (Å²) in [6.07, 6.45) is 5.64. The summed E-state index contributed by atoms with van der Waals surface area (Å²) < 4.78 is 40.6. The Morgan fingerprint density at radius 3 is 2.00 bits per heavy atom. The molecule has 0 radical (unpaired) electrons. The van der Waals surface area contributed by atoms with Crippen LogP contribution in [0, 0.1) is 0 Å². The molecular formula is C35H37ClN2O4S. The summed E-state index contributed by atoms with van der Waals surface area (Å²) in [5.74, 6) is 1.39. The van der Waals surface area contributed by atoms with Crippen LogP contribution in [0.1, 0.15) is 41.9 Å². The van der Waals surface area contributed by atoms with Gasteiger partial charge < -0.3 is 9.47 Å². The average Bonchev–Trinajstić information content (AvgIpc) is 3.43. The fraction of sp³-hybridized carbons (Fsp3) is 0.257. The zero-order valence-corrected chi connectivity index (χ0v) is 25.9. The summed E-state index contributed by atoms with van der Waals surface area (Å²) in [5.41, 5.74) is 3.64. The molecule has 1 aromatic heterocycles. The highest BCUT2D eigenvalue weighted by molar-refractivity contribution is 7.90. The van der Waals surface area contributed by atoms with Crippen molar-refractivity contribution >= 4 is 33.3 Å². The number of aromatic nitrogens is 1. The number of ether oxygens (including phenoxy) is 2. The predicted octanol–water partition coefficient (Wildman–Crippen LogP) is 7.35. The number of piperidine rings is 1. The molecule has 0 spiro atoms. The second-order valence-electron chi connectivity index (χ2n) is 10.7. The van der Waals surface area contributed by atoms with Crippen molar-refractivity contribution in [1.82, 2.24) is 8.87 Å². The minimum absolute atomic E-state index is 0. The molecule has 224 valence electrons. The van der Waals surface area contributed by atoms with Crippen LogP contribution in [0.5, 0.6) is 11.5 Å². The number of hydrogen-bond donors (Lipinski definition) is 0. The molecule has 4 aromatic carbocycles. The molecular weight excluding hydrogens is 580 g/mol. The molecule has 0 saturated carbocycles. The number of benzene rings is 4. The van der Waals surface area contributed by atoms with Gasteiger partial charge in [-0.05, 0) is 85.1 Å². The first-order valence-corrected chi connectivity index (χ1v) is 16.0. The first kappa shape index (κ1) is 30.7. The van der Waals surface area contributed by atoms with Gasteiger partial charge in [-0.3, -0.25) is 4.90 Å². The van der Waals surface area contributed by atoms with E-state index in [0.717, 1.165) is 53.2 Å². The lowest BCUT2D eigenvalue weighted by molar-refractivity contribution is 0.183. The van der Waals surface area contributed by atoms with E-state index < -0.39 is 10.0 Å². The number of fused-ring (bicyclic) bond motifs is 1. The summed E-state index contributed by atoms with van der Waals surface area (Å²) >= 11 is 0. The van der Waals surface area contributed by atoms with Gasteiger partial charge in [0.2, 0.25) is 0 Å². The molecule has 1 saturated heterocycles. The number of rotatable bonds is 10. The van der Waals surface area contributed by atoms with Crippen LogP contribution in [0.4, 0.5) is 0 Å². The van der Waals surface area contributed by atoms with E-state index in [4.69, 9.17) is 9.47 Å². The fourth-order valence-electron chi connectivity index (χ4n) is 5.89. The summed E-state index contributed by atoms with van der Waals surface area (Å²) in [4.78, 5) is 2.72. The summed E-state index contributed by atoms with van der Waals surface area (Å²) in [7, 11) is -2.16. The van der Waals surface area contributed by atoms with Gasteiger partial charge in [0.1, 0.15) is 18.1 Å². The highest BCUT2D eigenvalue weighted by Gasteiger charge is 2.26. The Morgan fingerprint density at radius 1 is 0.744 bits per heavy atom. The molecule has 6 rings (SSSR count). The fourth-order valence-corrected chi connectivity index (χ4v) is 7.29. The molecule has 1 atom stereocenters. The minimum Gasteiger partial charge on any atom is -0.497 e. The van der Waals surface area contributed by atoms with E-state index in [2.05, 4.69) is 17.0 Å². The zero-order valence-electron chi connectivity index (χ0n) is 24.3. The number of likely N-dealkylation sites (tertiary alicyclic amines) is 1. The molecule has 43 heavy (non-hydrogen) atoms. The molecule has 0 aliphatic carbocycles. The molecule has 0 bridgehead atoms. The van der Waals surface area contributed by atoms with Crippen molar-refractivity contribution in [3.8, 4) is 11.5 Å². The number of nitrogens with zero attached hydrogens (tertiary/aromatic N) is 2. The van der Waals surface area contributed by atoms with Crippen molar-refractivity contribution in [1.29, 1.82) is 0 Å². The van der Waals surface area contributed by atoms with Crippen LogP contribution in [0.2, 0.25) is 0 Å². The number of hydrogen-bond acceptors (Lipinski definition) is 5. The first-order chi connectivity index (χ1) is 20.5. The molecule has 1 fully saturated rings. The van der Waals surface area contributed by atoms with Crippen molar-refractivity contribution in [2.24, 2.45) is 0 Å². The van der Waals surface area contributed by atoms with Crippen molar-refractivity contribution in [2.45, 2.75) is 30.1 Å². The lowest BCUT2D eigenvalue weighted by Gasteiger charge is -2.26. The van der Waals surface area contributed by atoms with Gasteiger partial charge in [-0.15, -0.1) is 12.4 Å². The van der Waals surface area contributed by atoms with Crippen LogP contribution < -0.4 is 9.47 Å². The lowest BCUT2D eigenvalue weighted by Crippen LogP contribution is -2.33. The second kappa shape index (κ2) is 13.7. The monoisotopic (exact) mass is 616 g/mol. The Morgan fingerprint density at radius 2 is 1.35 bits per heavy atom. The molecule has 0 N–H and O–H groups in total. The lowest BCUT2D eigenvalue weighted by atomic mass is 9.85. The molecule has 6 nitrogen and oxygen atoms in total. The molecule has 0 amide bonds. The van der Waals surface area contributed by atoms with Crippen molar-refractivity contribution in [2.75, 3.05) is 33.4 Å². The second-order valence-corrected chi connectivity index (χ2v) is 12.6. The van der Waals surface area contributed by atoms with E-state index in [1.54, 1.807) is 37.6 Å². The number of para-hydroxylation sites is 1. The van der Waals surface area contributed by atoms with Crippen LogP contribution in [-0.4, -0.2) is 50.6 Å². The SMILES string of the molecule is COc1ccc(C(c2ccc(OCCN3CCCCC3)cc2)c2cn(S(=O)(=O)c3ccccc3)c3ccccc23)cc1.Cl. The van der Waals surface area contributed by atoms with E-state index in [0.29, 0.717) is 12.1 Å². The van der Waals surface area contributed by atoms with Crippen LogP contribution in [0.3, 0.4) is 0 Å². The van der Waals surface area contributed by atoms with Gasteiger partial charge in [-0.1, -0.05) is 67.1 Å². The third-order valence-electron chi connectivity index (χ3n) is 8.11. The summed E-state index contributed by atoms with van der Waals surface area (Å²) in [6.45, 7) is 3.90. The van der Waals surface area contributed by atoms with E-state index in [9.17, 15) is 8.42 Å². The molecule has 8 heteroatoms. The van der Waals surface area contributed by atoms with Crippen molar-refractivity contribution < 1.29 is 17.9 Å². The zero-order chi connectivity index (χ0) is 28.9. The largest absolute Gasteiger partial charge is 0.497 e. The van der Waals surface area contributed by atoms with E-state index in [1.807, 2.05) is 66.7 Å². The molecule has 2 heterocycles. The average molecular weight is 617 g/mol. The Hall–Kier alpha value is -3.78. The topological polar surface area (TPSA) is 60.8 Å². The smallest absolute Gasteiger partial charge is 0.268 e. The maximum Gasteiger partial charge on any atom is 0.268 e. The normalized spacial score (nSPS) is 14.6. The Kier molecular flexibility index (Phi) is 9.76. The highest BCUT2D eigenvalue weighted by Crippen LogP contribution is 2.39. The minimum atomic E-state index is -3.81. The predicted molar refractivity (Wildman–Crippen MR) is 174 cm³/mol. The maximum atomic E-state index is 13.8. The van der Waals surface area contributed by atoms with Crippen LogP contribution in [0.15, 0.2) is 114 Å². The molecule has 1 unspecified atom stereocenters. The van der Waals surface area contributed by atoms with Crippen LogP contribution in [-0.2, 0) is 10.0 Å². The maximum absolute atomic E-state index is 13.8. The third kappa shape index (κ3) is 6.59. The van der Waals surface area contributed by atoms with Gasteiger partial charge in [0, 0.05) is 24.0 Å². The van der Waals surface area contributed by atoms with Gasteiger partial charge in [-0.2, -0.15) is 0 Å². The highest BCUT2D eigenvalue weighted by atomic mass is 35.5. The van der Waals surface area contributed by atoms with Crippen LogP contribution in [0.25, 0.3) is 10.9 Å². The standard InChI is InChI=1S/C35H36N2O4S.ClH/c1-40-29-18-14-27(15-19-29)35(28-16-20-30(21-17-28)41-25-24-36-22-8-3-9-23-36)33-26-37(34-13-7-6-12-32(33)34)42(38,39)31-10-4-2-5-11-31;/h2,4-7,10-21,26,35H,3,8-9,22-25H2,1H3;1H. The molecule has 1 aliphatic rings.